The lowest BCUT2D eigenvalue weighted by Gasteiger charge is -2.32. The number of carbonyl (C=O) groups is 1. The highest BCUT2D eigenvalue weighted by Crippen LogP contribution is 2.20. The molecule has 0 aliphatic carbocycles. The van der Waals surface area contributed by atoms with E-state index in [1.165, 1.54) is 37.4 Å². The summed E-state index contributed by atoms with van der Waals surface area (Å²) in [4.78, 5) is 14.1. The van der Waals surface area contributed by atoms with Gasteiger partial charge in [-0.1, -0.05) is 44.4 Å². The van der Waals surface area contributed by atoms with Gasteiger partial charge in [-0.05, 0) is 32.5 Å². The SMILES string of the molecule is CCCCCCCC(=O)SCCC[Si]1(C)OCCN(C)CCO1. The molecule has 1 fully saturated rings. The monoisotopic (exact) mass is 361 g/mol. The van der Waals surface area contributed by atoms with Gasteiger partial charge < -0.3 is 13.8 Å². The van der Waals surface area contributed by atoms with Crippen LogP contribution in [0, 0.1) is 0 Å². The van der Waals surface area contributed by atoms with Crippen LogP contribution in [-0.2, 0) is 13.6 Å². The molecule has 0 radical (unpaired) electrons. The van der Waals surface area contributed by atoms with Crippen molar-refractivity contribution in [3.05, 3.63) is 0 Å². The van der Waals surface area contributed by atoms with Crippen LogP contribution in [0.5, 0.6) is 0 Å². The highest BCUT2D eigenvalue weighted by molar-refractivity contribution is 8.13. The molecule has 1 rings (SSSR count). The average Bonchev–Trinajstić information content (AvgIpc) is 2.50. The molecule has 0 N–H and O–H groups in total. The second kappa shape index (κ2) is 12.5. The van der Waals surface area contributed by atoms with Crippen LogP contribution < -0.4 is 0 Å². The maximum atomic E-state index is 11.8. The Morgan fingerprint density at radius 2 is 1.74 bits per heavy atom. The van der Waals surface area contributed by atoms with Crippen LogP contribution in [0.3, 0.4) is 0 Å². The zero-order valence-corrected chi connectivity index (χ0v) is 17.1. The summed E-state index contributed by atoms with van der Waals surface area (Å²) in [5, 5.41) is 0.356. The molecule has 6 heteroatoms. The molecule has 136 valence electrons. The van der Waals surface area contributed by atoms with Crippen LogP contribution in [0.2, 0.25) is 12.6 Å². The third-order valence-corrected chi connectivity index (χ3v) is 8.19. The molecule has 0 unspecified atom stereocenters. The molecule has 1 aliphatic heterocycles. The van der Waals surface area contributed by atoms with Crippen molar-refractivity contribution >= 4 is 25.4 Å². The van der Waals surface area contributed by atoms with Crippen LogP contribution in [0.25, 0.3) is 0 Å². The van der Waals surface area contributed by atoms with Crippen LogP contribution in [-0.4, -0.2) is 57.7 Å². The van der Waals surface area contributed by atoms with Crippen LogP contribution in [0.4, 0.5) is 0 Å². The van der Waals surface area contributed by atoms with Crippen molar-refractivity contribution in [1.29, 1.82) is 0 Å². The van der Waals surface area contributed by atoms with Crippen molar-refractivity contribution in [3.8, 4) is 0 Å². The predicted molar refractivity (Wildman–Crippen MR) is 101 cm³/mol. The molecule has 0 aromatic rings. The van der Waals surface area contributed by atoms with E-state index < -0.39 is 8.56 Å². The fraction of sp³-hybridized carbons (Fsp3) is 0.941. The van der Waals surface area contributed by atoms with Gasteiger partial charge in [-0.15, -0.1) is 0 Å². The van der Waals surface area contributed by atoms with E-state index in [0.29, 0.717) is 5.12 Å². The number of rotatable bonds is 10. The molecule has 1 heterocycles. The normalized spacial score (nSPS) is 19.3. The smallest absolute Gasteiger partial charge is 0.335 e. The third kappa shape index (κ3) is 10.6. The van der Waals surface area contributed by atoms with Gasteiger partial charge in [0, 0.05) is 38.5 Å². The van der Waals surface area contributed by atoms with Gasteiger partial charge in [0.2, 0.25) is 0 Å². The van der Waals surface area contributed by atoms with E-state index in [1.807, 2.05) is 0 Å². The first-order valence-corrected chi connectivity index (χ1v) is 12.7. The molecule has 1 saturated heterocycles. The maximum absolute atomic E-state index is 11.8. The van der Waals surface area contributed by atoms with Gasteiger partial charge in [0.05, 0.1) is 0 Å². The molecule has 1 aliphatic rings. The number of thioether (sulfide) groups is 1. The summed E-state index contributed by atoms with van der Waals surface area (Å²) in [6.45, 7) is 7.88. The molecule has 0 spiro atoms. The minimum atomic E-state index is -2.01. The van der Waals surface area contributed by atoms with E-state index in [4.69, 9.17) is 8.85 Å². The first-order chi connectivity index (χ1) is 11.1. The van der Waals surface area contributed by atoms with Gasteiger partial charge in [0.25, 0.3) is 0 Å². The summed E-state index contributed by atoms with van der Waals surface area (Å²) in [7, 11) is 0.0862. The van der Waals surface area contributed by atoms with Crippen LogP contribution >= 0.6 is 11.8 Å². The van der Waals surface area contributed by atoms with Crippen molar-refractivity contribution in [2.75, 3.05) is 39.1 Å². The Kier molecular flexibility index (Phi) is 11.5. The van der Waals surface area contributed by atoms with Crippen molar-refractivity contribution < 1.29 is 13.6 Å². The molecule has 0 atom stereocenters. The molecule has 23 heavy (non-hydrogen) atoms. The molecule has 4 nitrogen and oxygen atoms in total. The number of likely N-dealkylation sites (N-methyl/N-ethyl adjacent to an activating group) is 1. The van der Waals surface area contributed by atoms with E-state index >= 15 is 0 Å². The Balaban J connectivity index is 2.07. The first kappa shape index (κ1) is 21.2. The summed E-state index contributed by atoms with van der Waals surface area (Å²) in [5.41, 5.74) is 0. The lowest BCUT2D eigenvalue weighted by molar-refractivity contribution is -0.111. The quantitative estimate of drug-likeness (QED) is 0.433. The summed E-state index contributed by atoms with van der Waals surface area (Å²) in [6, 6.07) is 0.994. The zero-order chi connectivity index (χ0) is 17.0. The Labute approximate surface area is 147 Å². The summed E-state index contributed by atoms with van der Waals surface area (Å²) >= 11 is 1.50. The lowest BCUT2D eigenvalue weighted by atomic mass is 10.1. The number of carbonyl (C=O) groups excluding carboxylic acids is 1. The number of hydrogen-bond donors (Lipinski definition) is 0. The van der Waals surface area contributed by atoms with Gasteiger partial charge in [0.15, 0.2) is 5.12 Å². The van der Waals surface area contributed by atoms with Crippen molar-refractivity contribution in [2.24, 2.45) is 0 Å². The predicted octanol–water partition coefficient (Wildman–Crippen LogP) is 4.05. The van der Waals surface area contributed by atoms with Gasteiger partial charge >= 0.3 is 8.56 Å². The second-order valence-electron chi connectivity index (χ2n) is 6.62. The number of nitrogens with zero attached hydrogens (tertiary/aromatic N) is 1. The maximum Gasteiger partial charge on any atom is 0.335 e. The van der Waals surface area contributed by atoms with E-state index in [-0.39, 0.29) is 0 Å². The van der Waals surface area contributed by atoms with E-state index in [2.05, 4.69) is 25.4 Å². The molecule has 0 amide bonds. The van der Waals surface area contributed by atoms with Gasteiger partial charge in [-0.3, -0.25) is 4.79 Å². The lowest BCUT2D eigenvalue weighted by Crippen LogP contribution is -2.45. The Hall–Kier alpha value is 0.117. The third-order valence-electron chi connectivity index (χ3n) is 4.28. The molecule has 0 saturated carbocycles. The van der Waals surface area contributed by atoms with E-state index in [0.717, 1.165) is 57.4 Å². The topological polar surface area (TPSA) is 38.8 Å². The van der Waals surface area contributed by atoms with Gasteiger partial charge in [-0.25, -0.2) is 0 Å². The summed E-state index contributed by atoms with van der Waals surface area (Å²) in [6.07, 6.45) is 7.82. The summed E-state index contributed by atoms with van der Waals surface area (Å²) < 4.78 is 12.1. The minimum Gasteiger partial charge on any atom is -0.393 e. The standard InChI is InChI=1S/C17H35NO3SSi/c1-4-5-6-7-8-10-17(19)22-15-9-16-23(3)20-13-11-18(2)12-14-21-23/h4-16H2,1-3H3. The molecule has 0 bridgehead atoms. The zero-order valence-electron chi connectivity index (χ0n) is 15.3. The molecule has 0 aromatic heterocycles. The van der Waals surface area contributed by atoms with Crippen LogP contribution in [0.15, 0.2) is 0 Å². The Morgan fingerprint density at radius 3 is 2.39 bits per heavy atom. The minimum absolute atomic E-state index is 0.356. The van der Waals surface area contributed by atoms with Gasteiger partial charge in [-0.2, -0.15) is 0 Å². The number of hydrogen-bond acceptors (Lipinski definition) is 5. The first-order valence-electron chi connectivity index (χ1n) is 9.18. The van der Waals surface area contributed by atoms with E-state index in [9.17, 15) is 4.79 Å². The Morgan fingerprint density at radius 1 is 1.09 bits per heavy atom. The van der Waals surface area contributed by atoms with Crippen LogP contribution in [0.1, 0.15) is 51.9 Å². The second-order valence-corrected chi connectivity index (χ2v) is 11.1. The number of unbranched alkanes of at least 4 members (excludes halogenated alkanes) is 4. The summed E-state index contributed by atoms with van der Waals surface area (Å²) in [5.74, 6) is 0.906. The van der Waals surface area contributed by atoms with E-state index in [1.54, 1.807) is 0 Å². The molecular weight excluding hydrogens is 326 g/mol. The van der Waals surface area contributed by atoms with Crippen molar-refractivity contribution in [1.82, 2.24) is 4.90 Å². The highest BCUT2D eigenvalue weighted by atomic mass is 32.2. The Bertz CT molecular complexity index is 321. The molecular formula is C17H35NO3SSi. The highest BCUT2D eigenvalue weighted by Gasteiger charge is 2.32. The fourth-order valence-corrected chi connectivity index (χ4v) is 5.96. The van der Waals surface area contributed by atoms with Crippen molar-refractivity contribution in [2.45, 2.75) is 64.5 Å². The van der Waals surface area contributed by atoms with Crippen molar-refractivity contribution in [3.63, 3.8) is 0 Å². The largest absolute Gasteiger partial charge is 0.393 e. The average molecular weight is 362 g/mol. The fourth-order valence-electron chi connectivity index (χ4n) is 2.66. The van der Waals surface area contributed by atoms with Gasteiger partial charge in [0.1, 0.15) is 0 Å². The molecule has 0 aromatic carbocycles.